The Bertz CT molecular complexity index is 194. The number of carbonyl (C=O) groups is 1. The van der Waals surface area contributed by atoms with Crippen LogP contribution in [0.5, 0.6) is 0 Å². The van der Waals surface area contributed by atoms with E-state index in [0.717, 1.165) is 6.42 Å². The van der Waals surface area contributed by atoms with Crippen LogP contribution in [0.25, 0.3) is 0 Å². The van der Waals surface area contributed by atoms with E-state index in [1.165, 1.54) is 51.4 Å². The fraction of sp³-hybridized carbons (Fsp3) is 0.923. The summed E-state index contributed by atoms with van der Waals surface area (Å²) in [6.07, 6.45) is 11.5. The van der Waals surface area contributed by atoms with Crippen LogP contribution in [0.2, 0.25) is 0 Å². The van der Waals surface area contributed by atoms with Gasteiger partial charge in [-0.2, -0.15) is 0 Å². The molecule has 1 aliphatic rings. The Morgan fingerprint density at radius 3 is 2.31 bits per heavy atom. The van der Waals surface area contributed by atoms with E-state index in [2.05, 4.69) is 12.2 Å². The number of rotatable bonds is 9. The number of hydrogen-bond acceptors (Lipinski definition) is 2. The van der Waals surface area contributed by atoms with Gasteiger partial charge in [0.1, 0.15) is 6.61 Å². The van der Waals surface area contributed by atoms with Crippen LogP contribution in [-0.2, 0) is 4.74 Å². The number of nitrogens with one attached hydrogen (secondary N) is 1. The van der Waals surface area contributed by atoms with Crippen LogP contribution in [-0.4, -0.2) is 18.7 Å². The Hall–Kier alpha value is -0.730. The first-order chi connectivity index (χ1) is 7.83. The van der Waals surface area contributed by atoms with Crippen molar-refractivity contribution < 1.29 is 9.53 Å². The molecule has 1 N–H and O–H groups in total. The number of cyclic esters (lactones) is 1. The van der Waals surface area contributed by atoms with Crippen molar-refractivity contribution in [3.8, 4) is 0 Å². The van der Waals surface area contributed by atoms with Gasteiger partial charge >= 0.3 is 6.09 Å². The minimum Gasteiger partial charge on any atom is -0.447 e. The highest BCUT2D eigenvalue weighted by molar-refractivity contribution is 5.69. The SMILES string of the molecule is CCCCCCCCCC[C@H]1COC(=O)N1. The molecule has 1 saturated heterocycles. The van der Waals surface area contributed by atoms with Gasteiger partial charge in [-0.3, -0.25) is 0 Å². The largest absolute Gasteiger partial charge is 0.447 e. The van der Waals surface area contributed by atoms with Crippen molar-refractivity contribution in [2.24, 2.45) is 0 Å². The van der Waals surface area contributed by atoms with E-state index in [4.69, 9.17) is 4.74 Å². The molecule has 1 aliphatic heterocycles. The maximum absolute atomic E-state index is 10.8. The van der Waals surface area contributed by atoms with Gasteiger partial charge in [-0.25, -0.2) is 4.79 Å². The lowest BCUT2D eigenvalue weighted by Crippen LogP contribution is -2.25. The van der Waals surface area contributed by atoms with Crippen molar-refractivity contribution in [2.45, 2.75) is 70.8 Å². The van der Waals surface area contributed by atoms with Crippen molar-refractivity contribution in [1.82, 2.24) is 5.32 Å². The van der Waals surface area contributed by atoms with E-state index in [-0.39, 0.29) is 12.1 Å². The molecule has 0 unspecified atom stereocenters. The average molecular weight is 227 g/mol. The van der Waals surface area contributed by atoms with E-state index in [1.807, 2.05) is 0 Å². The lowest BCUT2D eigenvalue weighted by molar-refractivity contribution is 0.176. The zero-order valence-corrected chi connectivity index (χ0v) is 10.5. The number of alkyl carbamates (subject to hydrolysis) is 1. The molecule has 0 aromatic heterocycles. The van der Waals surface area contributed by atoms with E-state index in [1.54, 1.807) is 0 Å². The maximum atomic E-state index is 10.8. The average Bonchev–Trinajstić information content (AvgIpc) is 2.68. The summed E-state index contributed by atoms with van der Waals surface area (Å²) in [4.78, 5) is 10.8. The zero-order chi connectivity index (χ0) is 11.6. The van der Waals surface area contributed by atoms with E-state index in [0.29, 0.717) is 6.61 Å². The molecule has 16 heavy (non-hydrogen) atoms. The van der Waals surface area contributed by atoms with Gasteiger partial charge in [-0.05, 0) is 6.42 Å². The molecular formula is C13H25NO2. The van der Waals surface area contributed by atoms with Gasteiger partial charge in [-0.15, -0.1) is 0 Å². The zero-order valence-electron chi connectivity index (χ0n) is 10.5. The number of hydrogen-bond donors (Lipinski definition) is 1. The highest BCUT2D eigenvalue weighted by atomic mass is 16.6. The van der Waals surface area contributed by atoms with Crippen molar-refractivity contribution in [1.29, 1.82) is 0 Å². The molecular weight excluding hydrogens is 202 g/mol. The van der Waals surface area contributed by atoms with Crippen LogP contribution in [0.3, 0.4) is 0 Å². The summed E-state index contributed by atoms with van der Waals surface area (Å²) in [6, 6.07) is 0.271. The summed E-state index contributed by atoms with van der Waals surface area (Å²) >= 11 is 0. The van der Waals surface area contributed by atoms with Gasteiger partial charge in [0.25, 0.3) is 0 Å². The van der Waals surface area contributed by atoms with E-state index >= 15 is 0 Å². The van der Waals surface area contributed by atoms with Gasteiger partial charge in [0.15, 0.2) is 0 Å². The first-order valence-corrected chi connectivity index (χ1v) is 6.76. The highest BCUT2D eigenvalue weighted by Crippen LogP contribution is 2.12. The quantitative estimate of drug-likeness (QED) is 0.611. The van der Waals surface area contributed by atoms with Crippen molar-refractivity contribution in [2.75, 3.05) is 6.61 Å². The molecule has 0 bridgehead atoms. The molecule has 94 valence electrons. The first-order valence-electron chi connectivity index (χ1n) is 6.76. The highest BCUT2D eigenvalue weighted by Gasteiger charge is 2.20. The Morgan fingerprint density at radius 1 is 1.12 bits per heavy atom. The maximum Gasteiger partial charge on any atom is 0.407 e. The topological polar surface area (TPSA) is 38.3 Å². The minimum absolute atomic E-state index is 0.246. The van der Waals surface area contributed by atoms with Gasteiger partial charge in [0.2, 0.25) is 0 Å². The standard InChI is InChI=1S/C13H25NO2/c1-2-3-4-5-6-7-8-9-10-12-11-16-13(15)14-12/h12H,2-11H2,1H3,(H,14,15)/t12-/m0/s1. The normalized spacial score (nSPS) is 19.6. The summed E-state index contributed by atoms with van der Waals surface area (Å²) in [5, 5.41) is 2.81. The number of amides is 1. The Morgan fingerprint density at radius 2 is 1.75 bits per heavy atom. The fourth-order valence-corrected chi connectivity index (χ4v) is 2.11. The molecule has 0 aliphatic carbocycles. The van der Waals surface area contributed by atoms with Crippen LogP contribution in [0.15, 0.2) is 0 Å². The Balaban J connectivity index is 1.79. The fourth-order valence-electron chi connectivity index (χ4n) is 2.11. The third kappa shape index (κ3) is 5.99. The molecule has 1 amide bonds. The van der Waals surface area contributed by atoms with Crippen LogP contribution >= 0.6 is 0 Å². The Kier molecular flexibility index (Phi) is 7.02. The van der Waals surface area contributed by atoms with Gasteiger partial charge < -0.3 is 10.1 Å². The minimum atomic E-state index is -0.246. The molecule has 0 spiro atoms. The molecule has 3 heteroatoms. The lowest BCUT2D eigenvalue weighted by Gasteiger charge is -2.06. The van der Waals surface area contributed by atoms with Crippen molar-refractivity contribution in [3.63, 3.8) is 0 Å². The second-order valence-electron chi connectivity index (χ2n) is 4.70. The van der Waals surface area contributed by atoms with E-state index < -0.39 is 0 Å². The van der Waals surface area contributed by atoms with Gasteiger partial charge in [-0.1, -0.05) is 58.3 Å². The second kappa shape index (κ2) is 8.43. The summed E-state index contributed by atoms with van der Waals surface area (Å²) in [6.45, 7) is 2.81. The molecule has 0 saturated carbocycles. The van der Waals surface area contributed by atoms with Gasteiger partial charge in [0, 0.05) is 0 Å². The molecule has 0 aromatic carbocycles. The summed E-state index contributed by atoms with van der Waals surface area (Å²) in [5.74, 6) is 0. The van der Waals surface area contributed by atoms with Crippen LogP contribution < -0.4 is 5.32 Å². The molecule has 1 atom stereocenters. The summed E-state index contributed by atoms with van der Waals surface area (Å²) < 4.78 is 4.84. The van der Waals surface area contributed by atoms with Crippen LogP contribution in [0, 0.1) is 0 Å². The lowest BCUT2D eigenvalue weighted by atomic mass is 10.1. The molecule has 1 fully saturated rings. The third-order valence-corrected chi connectivity index (χ3v) is 3.14. The molecule has 3 nitrogen and oxygen atoms in total. The smallest absolute Gasteiger partial charge is 0.407 e. The van der Waals surface area contributed by atoms with Crippen LogP contribution in [0.4, 0.5) is 4.79 Å². The summed E-state index contributed by atoms with van der Waals surface area (Å²) in [5.41, 5.74) is 0. The number of ether oxygens (including phenoxy) is 1. The van der Waals surface area contributed by atoms with Gasteiger partial charge in [0.05, 0.1) is 6.04 Å². The molecule has 0 radical (unpaired) electrons. The third-order valence-electron chi connectivity index (χ3n) is 3.14. The summed E-state index contributed by atoms with van der Waals surface area (Å²) in [7, 11) is 0. The Labute approximate surface area is 98.9 Å². The molecule has 1 heterocycles. The van der Waals surface area contributed by atoms with Crippen LogP contribution in [0.1, 0.15) is 64.7 Å². The second-order valence-corrected chi connectivity index (χ2v) is 4.70. The number of unbranched alkanes of at least 4 members (excludes halogenated alkanes) is 7. The van der Waals surface area contributed by atoms with E-state index in [9.17, 15) is 4.79 Å². The molecule has 0 aromatic rings. The first kappa shape index (κ1) is 13.3. The van der Waals surface area contributed by atoms with Crippen molar-refractivity contribution in [3.05, 3.63) is 0 Å². The molecule has 1 rings (SSSR count). The predicted octanol–water partition coefficient (Wildman–Crippen LogP) is 3.63. The monoisotopic (exact) mass is 227 g/mol. The number of carbonyl (C=O) groups excluding carboxylic acids is 1. The predicted molar refractivity (Wildman–Crippen MR) is 65.5 cm³/mol. The van der Waals surface area contributed by atoms with Crippen molar-refractivity contribution >= 4 is 6.09 Å².